The molecule has 26 heavy (non-hydrogen) atoms. The van der Waals surface area contributed by atoms with E-state index in [2.05, 4.69) is 34.9 Å². The Morgan fingerprint density at radius 1 is 1.00 bits per heavy atom. The first kappa shape index (κ1) is 18.4. The highest BCUT2D eigenvalue weighted by Crippen LogP contribution is 2.24. The lowest BCUT2D eigenvalue weighted by Gasteiger charge is -2.36. The summed E-state index contributed by atoms with van der Waals surface area (Å²) in [4.78, 5) is 4.76. The van der Waals surface area contributed by atoms with Crippen LogP contribution in [0.3, 0.4) is 0 Å². The van der Waals surface area contributed by atoms with E-state index < -0.39 is 0 Å². The zero-order valence-corrected chi connectivity index (χ0v) is 15.5. The molecule has 0 aromatic heterocycles. The van der Waals surface area contributed by atoms with Crippen LogP contribution in [-0.4, -0.2) is 42.5 Å². The van der Waals surface area contributed by atoms with Gasteiger partial charge in [-0.25, -0.2) is 0 Å². The van der Waals surface area contributed by atoms with E-state index in [0.717, 1.165) is 49.6 Å². The fraction of sp³-hybridized carbons (Fsp3) is 0.409. The van der Waals surface area contributed by atoms with Gasteiger partial charge in [-0.1, -0.05) is 49.4 Å². The van der Waals surface area contributed by atoms with Crippen LogP contribution in [0.15, 0.2) is 54.6 Å². The van der Waals surface area contributed by atoms with Gasteiger partial charge in [-0.05, 0) is 36.2 Å². The second-order valence-corrected chi connectivity index (χ2v) is 6.75. The molecule has 0 N–H and O–H groups in total. The average molecular weight is 349 g/mol. The van der Waals surface area contributed by atoms with E-state index in [1.807, 2.05) is 42.5 Å². The summed E-state index contributed by atoms with van der Waals surface area (Å²) in [5, 5.41) is 9.69. The summed E-state index contributed by atoms with van der Waals surface area (Å²) in [5.74, 6) is 0.835. The van der Waals surface area contributed by atoms with E-state index in [9.17, 15) is 5.26 Å². The summed E-state index contributed by atoms with van der Waals surface area (Å²) in [7, 11) is 0. The van der Waals surface area contributed by atoms with Gasteiger partial charge in [0, 0.05) is 26.2 Å². The molecule has 0 radical (unpaired) electrons. The summed E-state index contributed by atoms with van der Waals surface area (Å²) in [6, 6.07) is 20.4. The second kappa shape index (κ2) is 9.38. The van der Waals surface area contributed by atoms with E-state index in [-0.39, 0.29) is 6.04 Å². The van der Waals surface area contributed by atoms with Crippen molar-refractivity contribution in [1.29, 1.82) is 5.26 Å². The molecular weight excluding hydrogens is 322 g/mol. The molecular formula is C22H27N3O. The van der Waals surface area contributed by atoms with Crippen LogP contribution < -0.4 is 4.74 Å². The molecule has 3 rings (SSSR count). The molecule has 2 aromatic rings. The summed E-state index contributed by atoms with van der Waals surface area (Å²) in [6.07, 6.45) is 1.19. The van der Waals surface area contributed by atoms with Crippen LogP contribution in [0, 0.1) is 11.3 Å². The molecule has 1 unspecified atom stereocenters. The predicted octanol–water partition coefficient (Wildman–Crippen LogP) is 3.86. The molecule has 0 spiro atoms. The van der Waals surface area contributed by atoms with Gasteiger partial charge < -0.3 is 9.64 Å². The Balaban J connectivity index is 1.57. The molecule has 0 aliphatic carbocycles. The highest BCUT2D eigenvalue weighted by atomic mass is 16.5. The molecule has 1 aliphatic heterocycles. The monoisotopic (exact) mass is 349 g/mol. The van der Waals surface area contributed by atoms with E-state index >= 15 is 0 Å². The second-order valence-electron chi connectivity index (χ2n) is 6.75. The molecule has 1 saturated heterocycles. The van der Waals surface area contributed by atoms with Crippen molar-refractivity contribution in [2.75, 3.05) is 32.7 Å². The standard InChI is InChI=1S/C22H27N3O/c1-2-12-24-13-15-25(16-14-24)22(17-23)20-8-10-21(11-9-20)26-18-19-6-4-3-5-7-19/h3-11,22H,2,12-16,18H2,1H3. The van der Waals surface area contributed by atoms with Crippen LogP contribution >= 0.6 is 0 Å². The Morgan fingerprint density at radius 3 is 2.31 bits per heavy atom. The van der Waals surface area contributed by atoms with Crippen LogP contribution in [0.2, 0.25) is 0 Å². The highest BCUT2D eigenvalue weighted by Gasteiger charge is 2.24. The molecule has 1 fully saturated rings. The molecule has 1 atom stereocenters. The average Bonchev–Trinajstić information content (AvgIpc) is 2.70. The van der Waals surface area contributed by atoms with Crippen molar-refractivity contribution in [2.45, 2.75) is 26.0 Å². The molecule has 2 aromatic carbocycles. The van der Waals surface area contributed by atoms with Gasteiger partial charge in [0.2, 0.25) is 0 Å². The van der Waals surface area contributed by atoms with Crippen molar-refractivity contribution in [3.8, 4) is 11.8 Å². The number of piperazine rings is 1. The Morgan fingerprint density at radius 2 is 1.69 bits per heavy atom. The number of benzene rings is 2. The Labute approximate surface area is 156 Å². The van der Waals surface area contributed by atoms with Crippen LogP contribution in [-0.2, 0) is 6.61 Å². The largest absolute Gasteiger partial charge is 0.489 e. The normalized spacial score (nSPS) is 16.8. The fourth-order valence-electron chi connectivity index (χ4n) is 3.42. The number of nitriles is 1. The quantitative estimate of drug-likeness (QED) is 0.761. The van der Waals surface area contributed by atoms with E-state index in [1.54, 1.807) is 0 Å². The topological polar surface area (TPSA) is 39.5 Å². The van der Waals surface area contributed by atoms with E-state index in [4.69, 9.17) is 4.74 Å². The first-order valence-electron chi connectivity index (χ1n) is 9.43. The van der Waals surface area contributed by atoms with Gasteiger partial charge in [0.25, 0.3) is 0 Å². The number of hydrogen-bond donors (Lipinski definition) is 0. The Bertz CT molecular complexity index is 700. The summed E-state index contributed by atoms with van der Waals surface area (Å²) >= 11 is 0. The van der Waals surface area contributed by atoms with Crippen molar-refractivity contribution in [2.24, 2.45) is 0 Å². The minimum Gasteiger partial charge on any atom is -0.489 e. The van der Waals surface area contributed by atoms with Crippen molar-refractivity contribution in [3.63, 3.8) is 0 Å². The molecule has 1 heterocycles. The lowest BCUT2D eigenvalue weighted by Crippen LogP contribution is -2.47. The molecule has 0 saturated carbocycles. The van der Waals surface area contributed by atoms with Gasteiger partial charge >= 0.3 is 0 Å². The minimum atomic E-state index is -0.179. The lowest BCUT2D eigenvalue weighted by atomic mass is 10.1. The van der Waals surface area contributed by atoms with Crippen LogP contribution in [0.4, 0.5) is 0 Å². The van der Waals surface area contributed by atoms with Crippen molar-refractivity contribution < 1.29 is 4.74 Å². The highest BCUT2D eigenvalue weighted by molar-refractivity contribution is 5.32. The van der Waals surface area contributed by atoms with Gasteiger partial charge in [0.05, 0.1) is 6.07 Å². The minimum absolute atomic E-state index is 0.179. The molecule has 136 valence electrons. The zero-order valence-electron chi connectivity index (χ0n) is 15.5. The maximum absolute atomic E-state index is 9.69. The first-order chi connectivity index (χ1) is 12.8. The third kappa shape index (κ3) is 4.85. The van der Waals surface area contributed by atoms with E-state index in [0.29, 0.717) is 6.61 Å². The number of ether oxygens (including phenoxy) is 1. The Hall–Kier alpha value is -2.35. The summed E-state index contributed by atoms with van der Waals surface area (Å²) in [5.41, 5.74) is 2.19. The van der Waals surface area contributed by atoms with Gasteiger partial charge in [-0.3, -0.25) is 4.90 Å². The van der Waals surface area contributed by atoms with Crippen LogP contribution in [0.1, 0.15) is 30.5 Å². The maximum atomic E-state index is 9.69. The lowest BCUT2D eigenvalue weighted by molar-refractivity contribution is 0.114. The summed E-state index contributed by atoms with van der Waals surface area (Å²) < 4.78 is 5.84. The van der Waals surface area contributed by atoms with Crippen molar-refractivity contribution in [1.82, 2.24) is 9.80 Å². The smallest absolute Gasteiger partial charge is 0.123 e. The van der Waals surface area contributed by atoms with Crippen molar-refractivity contribution >= 4 is 0 Å². The van der Waals surface area contributed by atoms with Crippen LogP contribution in [0.25, 0.3) is 0 Å². The Kier molecular flexibility index (Phi) is 6.65. The first-order valence-corrected chi connectivity index (χ1v) is 9.43. The molecule has 0 amide bonds. The van der Waals surface area contributed by atoms with Gasteiger partial charge in [-0.15, -0.1) is 0 Å². The predicted molar refractivity (Wildman–Crippen MR) is 104 cm³/mol. The molecule has 4 heteroatoms. The molecule has 1 aliphatic rings. The van der Waals surface area contributed by atoms with Gasteiger partial charge in [0.15, 0.2) is 0 Å². The molecule has 4 nitrogen and oxygen atoms in total. The van der Waals surface area contributed by atoms with Crippen molar-refractivity contribution in [3.05, 3.63) is 65.7 Å². The van der Waals surface area contributed by atoms with Gasteiger partial charge in [-0.2, -0.15) is 5.26 Å². The third-order valence-corrected chi connectivity index (χ3v) is 4.88. The van der Waals surface area contributed by atoms with Gasteiger partial charge in [0.1, 0.15) is 18.4 Å². The molecule has 0 bridgehead atoms. The fourth-order valence-corrected chi connectivity index (χ4v) is 3.42. The number of hydrogen-bond acceptors (Lipinski definition) is 4. The SMILES string of the molecule is CCCN1CCN(C(C#N)c2ccc(OCc3ccccc3)cc2)CC1. The number of nitrogens with zero attached hydrogens (tertiary/aromatic N) is 3. The van der Waals surface area contributed by atoms with Crippen LogP contribution in [0.5, 0.6) is 5.75 Å². The number of rotatable bonds is 7. The zero-order chi connectivity index (χ0) is 18.2. The van der Waals surface area contributed by atoms with E-state index in [1.165, 1.54) is 6.42 Å². The maximum Gasteiger partial charge on any atom is 0.123 e. The summed E-state index contributed by atoms with van der Waals surface area (Å²) in [6.45, 7) is 7.91. The third-order valence-electron chi connectivity index (χ3n) is 4.88.